The van der Waals surface area contributed by atoms with Gasteiger partial charge in [0.1, 0.15) is 5.01 Å². The van der Waals surface area contributed by atoms with Gasteiger partial charge in [-0.05, 0) is 45.1 Å². The molecule has 31 heavy (non-hydrogen) atoms. The molecule has 8 heteroatoms. The van der Waals surface area contributed by atoms with Crippen LogP contribution in [0, 0.1) is 0 Å². The van der Waals surface area contributed by atoms with Gasteiger partial charge in [0, 0.05) is 18.5 Å². The van der Waals surface area contributed by atoms with Gasteiger partial charge in [0.2, 0.25) is 0 Å². The average Bonchev–Trinajstić information content (AvgIpc) is 3.17. The fraction of sp³-hybridized carbons (Fsp3) is 0.565. The van der Waals surface area contributed by atoms with Crippen molar-refractivity contribution in [2.24, 2.45) is 4.99 Å². The summed E-state index contributed by atoms with van der Waals surface area (Å²) in [7, 11) is 2.02. The van der Waals surface area contributed by atoms with Crippen LogP contribution in [0.25, 0.3) is 0 Å². The number of hydrogen-bond donors (Lipinski definition) is 2. The first-order chi connectivity index (χ1) is 14.6. The molecule has 0 bridgehead atoms. The summed E-state index contributed by atoms with van der Waals surface area (Å²) in [5, 5.41) is 14.8. The number of aliphatic imine (C=N–C) groups is 1. The van der Waals surface area contributed by atoms with Crippen LogP contribution in [0.1, 0.15) is 53.9 Å². The molecular formula is C23H35IN4O2S. The topological polar surface area (TPSA) is 70.0 Å². The van der Waals surface area contributed by atoms with Crippen molar-refractivity contribution < 1.29 is 9.84 Å². The van der Waals surface area contributed by atoms with E-state index < -0.39 is 6.10 Å². The molecule has 2 unspecified atom stereocenters. The minimum Gasteiger partial charge on any atom is -0.389 e. The van der Waals surface area contributed by atoms with Crippen LogP contribution in [-0.4, -0.2) is 53.8 Å². The number of nitrogens with one attached hydrogen (secondary N) is 1. The quantitative estimate of drug-likeness (QED) is 0.275. The summed E-state index contributed by atoms with van der Waals surface area (Å²) in [6.07, 6.45) is 4.09. The van der Waals surface area contributed by atoms with E-state index in [0.29, 0.717) is 6.54 Å². The highest BCUT2D eigenvalue weighted by atomic mass is 127. The van der Waals surface area contributed by atoms with E-state index in [1.54, 1.807) is 0 Å². The van der Waals surface area contributed by atoms with Crippen LogP contribution >= 0.6 is 35.3 Å². The Balaban J connectivity index is 0.00000341. The van der Waals surface area contributed by atoms with E-state index >= 15 is 0 Å². The van der Waals surface area contributed by atoms with E-state index in [-0.39, 0.29) is 36.7 Å². The van der Waals surface area contributed by atoms with Crippen LogP contribution in [-0.2, 0) is 24.1 Å². The molecule has 0 amide bonds. The summed E-state index contributed by atoms with van der Waals surface area (Å²) in [6.45, 7) is 6.09. The predicted octanol–water partition coefficient (Wildman–Crippen LogP) is 4.18. The number of thiazole rings is 1. The molecule has 6 nitrogen and oxygen atoms in total. The Morgan fingerprint density at radius 1 is 1.29 bits per heavy atom. The number of fused-ring (bicyclic) bond motifs is 1. The van der Waals surface area contributed by atoms with Gasteiger partial charge in [-0.25, -0.2) is 4.98 Å². The molecule has 0 saturated heterocycles. The van der Waals surface area contributed by atoms with Gasteiger partial charge >= 0.3 is 0 Å². The van der Waals surface area contributed by atoms with Crippen molar-refractivity contribution in [2.45, 2.75) is 58.3 Å². The summed E-state index contributed by atoms with van der Waals surface area (Å²) in [6, 6.07) is 10.0. The maximum Gasteiger partial charge on any atom is 0.194 e. The molecule has 172 valence electrons. The van der Waals surface area contributed by atoms with Gasteiger partial charge in [0.05, 0.1) is 37.6 Å². The van der Waals surface area contributed by atoms with Gasteiger partial charge in [-0.3, -0.25) is 4.99 Å². The highest BCUT2D eigenvalue weighted by molar-refractivity contribution is 14.0. The second-order valence-electron chi connectivity index (χ2n) is 7.78. The number of guanidine groups is 1. The third-order valence-corrected chi connectivity index (χ3v) is 6.36. The van der Waals surface area contributed by atoms with Crippen LogP contribution in [0.5, 0.6) is 0 Å². The Kier molecular flexibility index (Phi) is 11.2. The van der Waals surface area contributed by atoms with Crippen molar-refractivity contribution in [2.75, 3.05) is 26.7 Å². The third-order valence-electron chi connectivity index (χ3n) is 5.22. The van der Waals surface area contributed by atoms with Crippen LogP contribution in [0.4, 0.5) is 0 Å². The molecule has 0 aliphatic heterocycles. The maximum atomic E-state index is 10.4. The Morgan fingerprint density at radius 3 is 2.74 bits per heavy atom. The molecule has 1 aromatic heterocycles. The number of hydrogen-bond acceptors (Lipinski definition) is 5. The summed E-state index contributed by atoms with van der Waals surface area (Å²) < 4.78 is 5.82. The van der Waals surface area contributed by atoms with E-state index in [1.165, 1.54) is 29.8 Å². The van der Waals surface area contributed by atoms with Gasteiger partial charge in [0.15, 0.2) is 5.96 Å². The molecule has 1 heterocycles. The van der Waals surface area contributed by atoms with Crippen LogP contribution < -0.4 is 5.32 Å². The SMILES string of the molecule is CCNC(=NCC(O)COC(C)c1ccccc1)N(C)Cc1nc2c(s1)CCCC2.I. The number of rotatable bonds is 9. The Labute approximate surface area is 207 Å². The first-order valence-electron chi connectivity index (χ1n) is 10.9. The van der Waals surface area contributed by atoms with Gasteiger partial charge in [-0.15, -0.1) is 35.3 Å². The number of benzene rings is 1. The normalized spacial score (nSPS) is 15.5. The number of aliphatic hydroxyl groups is 1. The lowest BCUT2D eigenvalue weighted by Crippen LogP contribution is -2.39. The van der Waals surface area contributed by atoms with E-state index in [4.69, 9.17) is 9.72 Å². The summed E-state index contributed by atoms with van der Waals surface area (Å²) in [4.78, 5) is 13.0. The molecule has 0 fully saturated rings. The van der Waals surface area contributed by atoms with Crippen LogP contribution in [0.15, 0.2) is 35.3 Å². The second kappa shape index (κ2) is 13.3. The number of ether oxygens (including phenoxy) is 1. The fourth-order valence-corrected chi connectivity index (χ4v) is 4.75. The molecule has 0 spiro atoms. The lowest BCUT2D eigenvalue weighted by molar-refractivity contribution is 0.00106. The van der Waals surface area contributed by atoms with Crippen molar-refractivity contribution in [1.82, 2.24) is 15.2 Å². The van der Waals surface area contributed by atoms with Crippen molar-refractivity contribution in [1.29, 1.82) is 0 Å². The van der Waals surface area contributed by atoms with E-state index in [1.807, 2.05) is 62.6 Å². The Morgan fingerprint density at radius 2 is 2.03 bits per heavy atom. The van der Waals surface area contributed by atoms with Crippen molar-refractivity contribution in [3.63, 3.8) is 0 Å². The summed E-state index contributed by atoms with van der Waals surface area (Å²) in [5.41, 5.74) is 2.39. The maximum absolute atomic E-state index is 10.4. The predicted molar refractivity (Wildman–Crippen MR) is 138 cm³/mol. The van der Waals surface area contributed by atoms with Crippen molar-refractivity contribution >= 4 is 41.3 Å². The number of nitrogens with zero attached hydrogens (tertiary/aromatic N) is 3. The van der Waals surface area contributed by atoms with E-state index in [0.717, 1.165) is 36.0 Å². The molecule has 3 rings (SSSR count). The molecule has 1 aliphatic carbocycles. The number of aliphatic hydroxyl groups excluding tert-OH is 1. The van der Waals surface area contributed by atoms with Gasteiger partial charge < -0.3 is 20.1 Å². The number of aryl methyl sites for hydroxylation is 2. The standard InChI is InChI=1S/C23H34N4O2S.HI/c1-4-24-23(27(3)15-22-26-20-12-8-9-13-21(20)30-22)25-14-19(28)16-29-17(2)18-10-6-5-7-11-18;/h5-7,10-11,17,19,28H,4,8-9,12-16H2,1-3H3,(H,24,25);1H. The zero-order chi connectivity index (χ0) is 21.3. The molecule has 0 saturated carbocycles. The Bertz CT molecular complexity index is 792. The smallest absolute Gasteiger partial charge is 0.194 e. The summed E-state index contributed by atoms with van der Waals surface area (Å²) >= 11 is 1.83. The molecule has 1 aromatic carbocycles. The van der Waals surface area contributed by atoms with Crippen LogP contribution in [0.2, 0.25) is 0 Å². The lowest BCUT2D eigenvalue weighted by atomic mass is 10.0. The highest BCUT2D eigenvalue weighted by Crippen LogP contribution is 2.27. The first kappa shape index (κ1) is 26.0. The van der Waals surface area contributed by atoms with Gasteiger partial charge in [-0.1, -0.05) is 30.3 Å². The van der Waals surface area contributed by atoms with Gasteiger partial charge in [0.25, 0.3) is 0 Å². The van der Waals surface area contributed by atoms with Crippen molar-refractivity contribution in [3.05, 3.63) is 51.5 Å². The second-order valence-corrected chi connectivity index (χ2v) is 8.94. The number of aromatic nitrogens is 1. The lowest BCUT2D eigenvalue weighted by Gasteiger charge is -2.22. The molecule has 2 atom stereocenters. The third kappa shape index (κ3) is 8.00. The zero-order valence-electron chi connectivity index (χ0n) is 18.7. The minimum atomic E-state index is -0.648. The summed E-state index contributed by atoms with van der Waals surface area (Å²) in [5.74, 6) is 0.779. The molecular weight excluding hydrogens is 523 g/mol. The number of halogens is 1. The molecule has 0 radical (unpaired) electrons. The van der Waals surface area contributed by atoms with Gasteiger partial charge in [-0.2, -0.15) is 0 Å². The zero-order valence-corrected chi connectivity index (χ0v) is 21.9. The average molecular weight is 559 g/mol. The highest BCUT2D eigenvalue weighted by Gasteiger charge is 2.17. The fourth-order valence-electron chi connectivity index (χ4n) is 3.54. The van der Waals surface area contributed by atoms with Crippen molar-refractivity contribution in [3.8, 4) is 0 Å². The Hall–Kier alpha value is -1.23. The molecule has 2 N–H and O–H groups in total. The van der Waals surface area contributed by atoms with E-state index in [9.17, 15) is 5.11 Å². The largest absolute Gasteiger partial charge is 0.389 e. The van der Waals surface area contributed by atoms with Crippen LogP contribution in [0.3, 0.4) is 0 Å². The van der Waals surface area contributed by atoms with E-state index in [2.05, 4.69) is 15.2 Å². The minimum absolute atomic E-state index is 0. The monoisotopic (exact) mass is 558 g/mol. The molecule has 2 aromatic rings. The molecule has 1 aliphatic rings. The first-order valence-corrected chi connectivity index (χ1v) is 11.7.